The van der Waals surface area contributed by atoms with Crippen LogP contribution in [0.3, 0.4) is 0 Å². The lowest BCUT2D eigenvalue weighted by Crippen LogP contribution is -2.17. The Bertz CT molecular complexity index is 401. The lowest BCUT2D eigenvalue weighted by molar-refractivity contribution is 0.0864. The molecular weight excluding hydrogens is 202 g/mol. The minimum atomic E-state index is 0.0798. The van der Waals surface area contributed by atoms with E-state index >= 15 is 0 Å². The minimum absolute atomic E-state index is 0.0798. The van der Waals surface area contributed by atoms with Gasteiger partial charge in [-0.15, -0.1) is 0 Å². The van der Waals surface area contributed by atoms with Crippen molar-refractivity contribution in [3.05, 3.63) is 29.8 Å². The van der Waals surface area contributed by atoms with Gasteiger partial charge in [-0.2, -0.15) is 0 Å². The highest BCUT2D eigenvalue weighted by atomic mass is 16.5. The number of amides is 1. The molecule has 0 bridgehead atoms. The Kier molecular flexibility index (Phi) is 2.86. The number of methoxy groups -OCH3 is 1. The summed E-state index contributed by atoms with van der Waals surface area (Å²) in [5.74, 6) is 1.26. The van der Waals surface area contributed by atoms with Crippen molar-refractivity contribution in [1.29, 1.82) is 0 Å². The van der Waals surface area contributed by atoms with Gasteiger partial charge < -0.3 is 9.64 Å². The molecule has 3 nitrogen and oxygen atoms in total. The Morgan fingerprint density at radius 2 is 2.12 bits per heavy atom. The summed E-state index contributed by atoms with van der Waals surface area (Å²) in [4.78, 5) is 14.0. The van der Waals surface area contributed by atoms with Crippen LogP contribution in [0.2, 0.25) is 0 Å². The highest BCUT2D eigenvalue weighted by molar-refractivity contribution is 5.98. The molecule has 1 aromatic carbocycles. The molecule has 3 heteroatoms. The van der Waals surface area contributed by atoms with Crippen LogP contribution in [0, 0.1) is 5.92 Å². The first-order valence-electron chi connectivity index (χ1n) is 5.59. The fraction of sp³-hybridized carbons (Fsp3) is 0.462. The number of hydrogen-bond donors (Lipinski definition) is 0. The molecular formula is C13H17NO2. The van der Waals surface area contributed by atoms with E-state index in [1.54, 1.807) is 7.11 Å². The summed E-state index contributed by atoms with van der Waals surface area (Å²) in [5.41, 5.74) is 0.660. The quantitative estimate of drug-likeness (QED) is 0.729. The molecule has 16 heavy (non-hydrogen) atoms. The van der Waals surface area contributed by atoms with Crippen molar-refractivity contribution in [2.24, 2.45) is 5.92 Å². The summed E-state index contributed by atoms with van der Waals surface area (Å²) in [6, 6.07) is 7.77. The highest BCUT2D eigenvalue weighted by Crippen LogP contribution is 2.30. The number of para-hydroxylation sites is 1. The van der Waals surface area contributed by atoms with E-state index in [0.29, 0.717) is 23.3 Å². The van der Waals surface area contributed by atoms with Gasteiger partial charge in [-0.1, -0.05) is 26.0 Å². The largest absolute Gasteiger partial charge is 0.496 e. The Labute approximate surface area is 96.0 Å². The average Bonchev–Trinajstić information content (AvgIpc) is 3.08. The molecule has 0 spiro atoms. The number of ether oxygens (including phenoxy) is 1. The third kappa shape index (κ3) is 1.90. The normalized spacial score (nSPS) is 18.8. The van der Waals surface area contributed by atoms with Crippen molar-refractivity contribution in [3.63, 3.8) is 0 Å². The average molecular weight is 219 g/mol. The highest BCUT2D eigenvalue weighted by Gasteiger charge is 2.41. The second kappa shape index (κ2) is 4.16. The third-order valence-electron chi connectivity index (χ3n) is 3.02. The number of benzene rings is 1. The van der Waals surface area contributed by atoms with Gasteiger partial charge in [0.2, 0.25) is 0 Å². The van der Waals surface area contributed by atoms with Gasteiger partial charge in [0.05, 0.1) is 18.7 Å². The third-order valence-corrected chi connectivity index (χ3v) is 3.02. The van der Waals surface area contributed by atoms with Gasteiger partial charge in [0.15, 0.2) is 0 Å². The fourth-order valence-electron chi connectivity index (χ4n) is 1.93. The molecule has 1 saturated heterocycles. The zero-order valence-electron chi connectivity index (χ0n) is 9.93. The molecule has 0 N–H and O–H groups in total. The van der Waals surface area contributed by atoms with E-state index < -0.39 is 0 Å². The molecule has 1 aromatic rings. The van der Waals surface area contributed by atoms with Gasteiger partial charge in [0, 0.05) is 6.54 Å². The van der Waals surface area contributed by atoms with Crippen LogP contribution >= 0.6 is 0 Å². The molecule has 0 aliphatic carbocycles. The van der Waals surface area contributed by atoms with Crippen LogP contribution in [0.25, 0.3) is 0 Å². The zero-order valence-corrected chi connectivity index (χ0v) is 9.93. The predicted octanol–water partition coefficient (Wildman–Crippen LogP) is 2.18. The molecule has 1 atom stereocenters. The van der Waals surface area contributed by atoms with Gasteiger partial charge >= 0.3 is 0 Å². The Balaban J connectivity index is 2.16. The van der Waals surface area contributed by atoms with Crippen molar-refractivity contribution < 1.29 is 9.53 Å². The SMILES string of the molecule is COc1ccccc1C(=O)N1CC1C(C)C. The first-order chi connectivity index (χ1) is 7.65. The summed E-state index contributed by atoms with van der Waals surface area (Å²) in [5, 5.41) is 0. The first kappa shape index (κ1) is 11.0. The second-order valence-electron chi connectivity index (χ2n) is 4.47. The van der Waals surface area contributed by atoms with E-state index in [-0.39, 0.29) is 5.91 Å². The van der Waals surface area contributed by atoms with Crippen LogP contribution in [0.4, 0.5) is 0 Å². The lowest BCUT2D eigenvalue weighted by Gasteiger charge is -2.09. The maximum atomic E-state index is 12.1. The monoisotopic (exact) mass is 219 g/mol. The fourth-order valence-corrected chi connectivity index (χ4v) is 1.93. The summed E-state index contributed by atoms with van der Waals surface area (Å²) in [7, 11) is 1.59. The molecule has 1 unspecified atom stereocenters. The second-order valence-corrected chi connectivity index (χ2v) is 4.47. The van der Waals surface area contributed by atoms with Crippen molar-refractivity contribution in [2.75, 3.05) is 13.7 Å². The molecule has 2 rings (SSSR count). The molecule has 1 fully saturated rings. The number of carbonyl (C=O) groups excluding carboxylic acids is 1. The van der Waals surface area contributed by atoms with E-state index in [9.17, 15) is 4.79 Å². The summed E-state index contributed by atoms with van der Waals surface area (Å²) >= 11 is 0. The van der Waals surface area contributed by atoms with Crippen molar-refractivity contribution in [1.82, 2.24) is 4.90 Å². The van der Waals surface area contributed by atoms with Gasteiger partial charge in [-0.25, -0.2) is 0 Å². The predicted molar refractivity (Wildman–Crippen MR) is 62.7 cm³/mol. The topological polar surface area (TPSA) is 29.3 Å². The van der Waals surface area contributed by atoms with Gasteiger partial charge in [0.25, 0.3) is 5.91 Å². The maximum absolute atomic E-state index is 12.1. The molecule has 1 aliphatic rings. The van der Waals surface area contributed by atoms with Crippen LogP contribution in [0.1, 0.15) is 24.2 Å². The van der Waals surface area contributed by atoms with Crippen LogP contribution < -0.4 is 4.74 Å². The smallest absolute Gasteiger partial charge is 0.258 e. The van der Waals surface area contributed by atoms with Gasteiger partial charge in [-0.3, -0.25) is 4.79 Å². The van der Waals surface area contributed by atoms with Crippen molar-refractivity contribution >= 4 is 5.91 Å². The van der Waals surface area contributed by atoms with Gasteiger partial charge in [-0.05, 0) is 18.1 Å². The minimum Gasteiger partial charge on any atom is -0.496 e. The number of rotatable bonds is 3. The summed E-state index contributed by atoms with van der Waals surface area (Å²) in [6.45, 7) is 5.15. The van der Waals surface area contributed by atoms with Crippen LogP contribution in [-0.2, 0) is 0 Å². The van der Waals surface area contributed by atoms with Crippen molar-refractivity contribution in [3.8, 4) is 5.75 Å². The van der Waals surface area contributed by atoms with Crippen LogP contribution in [0.5, 0.6) is 5.75 Å². The maximum Gasteiger partial charge on any atom is 0.258 e. The standard InChI is InChI=1S/C13H17NO2/c1-9(2)11-8-14(11)13(15)10-6-4-5-7-12(10)16-3/h4-7,9,11H,8H2,1-3H3. The van der Waals surface area contributed by atoms with E-state index in [1.807, 2.05) is 29.2 Å². The summed E-state index contributed by atoms with van der Waals surface area (Å²) in [6.07, 6.45) is 0. The molecule has 1 heterocycles. The molecule has 1 amide bonds. The van der Waals surface area contributed by atoms with E-state index in [1.165, 1.54) is 0 Å². The number of hydrogen-bond acceptors (Lipinski definition) is 2. The van der Waals surface area contributed by atoms with E-state index in [0.717, 1.165) is 6.54 Å². The molecule has 1 aliphatic heterocycles. The lowest BCUT2D eigenvalue weighted by atomic mass is 10.1. The van der Waals surface area contributed by atoms with Crippen LogP contribution in [-0.4, -0.2) is 30.5 Å². The van der Waals surface area contributed by atoms with E-state index in [2.05, 4.69) is 13.8 Å². The Hall–Kier alpha value is -1.51. The molecule has 86 valence electrons. The summed E-state index contributed by atoms with van der Waals surface area (Å²) < 4.78 is 5.19. The Morgan fingerprint density at radius 3 is 2.69 bits per heavy atom. The first-order valence-corrected chi connectivity index (χ1v) is 5.59. The zero-order chi connectivity index (χ0) is 11.7. The van der Waals surface area contributed by atoms with Gasteiger partial charge in [0.1, 0.15) is 5.75 Å². The van der Waals surface area contributed by atoms with Crippen LogP contribution in [0.15, 0.2) is 24.3 Å². The molecule has 0 radical (unpaired) electrons. The number of nitrogens with zero attached hydrogens (tertiary/aromatic N) is 1. The number of carbonyl (C=O) groups is 1. The molecule has 0 saturated carbocycles. The van der Waals surface area contributed by atoms with Crippen molar-refractivity contribution in [2.45, 2.75) is 19.9 Å². The molecule has 0 aromatic heterocycles. The Morgan fingerprint density at radius 1 is 1.44 bits per heavy atom. The van der Waals surface area contributed by atoms with E-state index in [4.69, 9.17) is 4.74 Å².